The molecule has 0 amide bonds. The lowest BCUT2D eigenvalue weighted by atomic mass is 10.1. The van der Waals surface area contributed by atoms with Gasteiger partial charge < -0.3 is 10.2 Å². The Kier molecular flexibility index (Phi) is 2.66. The third-order valence-electron chi connectivity index (χ3n) is 2.12. The second-order valence-corrected chi connectivity index (χ2v) is 3.90. The summed E-state index contributed by atoms with van der Waals surface area (Å²) in [5, 5.41) is 24.7. The van der Waals surface area contributed by atoms with Crippen LogP contribution in [0.4, 0.5) is 0 Å². The average molecular weight is 283 g/mol. The number of hydrogen-bond donors (Lipinski definition) is 3. The van der Waals surface area contributed by atoms with Gasteiger partial charge in [0.2, 0.25) is 0 Å². The molecule has 6 heteroatoms. The number of aromatic amines is 1. The van der Waals surface area contributed by atoms with Crippen molar-refractivity contribution >= 4 is 21.9 Å². The Balaban J connectivity index is 2.63. The van der Waals surface area contributed by atoms with Crippen LogP contribution in [-0.2, 0) is 0 Å². The molecule has 3 N–H and O–H groups in total. The minimum absolute atomic E-state index is 0.0449. The molecule has 1 aromatic heterocycles. The van der Waals surface area contributed by atoms with E-state index in [0.29, 0.717) is 15.7 Å². The van der Waals surface area contributed by atoms with E-state index in [1.54, 1.807) is 12.1 Å². The first kappa shape index (κ1) is 10.7. The maximum absolute atomic E-state index is 10.9. The first-order chi connectivity index (χ1) is 7.61. The molecule has 0 spiro atoms. The number of carbonyl (C=O) groups is 1. The summed E-state index contributed by atoms with van der Waals surface area (Å²) in [5.41, 5.74) is 0.969. The van der Waals surface area contributed by atoms with Gasteiger partial charge in [0.05, 0.1) is 16.4 Å². The summed E-state index contributed by atoms with van der Waals surface area (Å²) in [7, 11) is 0. The summed E-state index contributed by atoms with van der Waals surface area (Å²) >= 11 is 3.19. The number of carboxylic acid groups (broad SMARTS) is 1. The normalized spacial score (nSPS) is 10.3. The number of rotatable bonds is 2. The third-order valence-corrected chi connectivity index (χ3v) is 2.95. The molecule has 82 valence electrons. The van der Waals surface area contributed by atoms with Crippen LogP contribution in [0, 0.1) is 0 Å². The van der Waals surface area contributed by atoms with Crippen molar-refractivity contribution in [2.75, 3.05) is 0 Å². The van der Waals surface area contributed by atoms with E-state index in [4.69, 9.17) is 5.11 Å². The molecule has 0 saturated heterocycles. The average Bonchev–Trinajstić information content (AvgIpc) is 2.70. The van der Waals surface area contributed by atoms with Gasteiger partial charge in [0.1, 0.15) is 11.3 Å². The molecular formula is C10H7BrN2O3. The van der Waals surface area contributed by atoms with E-state index >= 15 is 0 Å². The van der Waals surface area contributed by atoms with Crippen LogP contribution in [0.2, 0.25) is 0 Å². The first-order valence-corrected chi connectivity index (χ1v) is 5.15. The molecule has 0 radical (unpaired) electrons. The second-order valence-electron chi connectivity index (χ2n) is 3.10. The van der Waals surface area contributed by atoms with Crippen LogP contribution in [0.5, 0.6) is 5.75 Å². The highest BCUT2D eigenvalue weighted by Gasteiger charge is 2.17. The van der Waals surface area contributed by atoms with Crippen LogP contribution in [-0.4, -0.2) is 26.4 Å². The van der Waals surface area contributed by atoms with Crippen LogP contribution in [0.3, 0.4) is 0 Å². The quantitative estimate of drug-likeness (QED) is 0.789. The lowest BCUT2D eigenvalue weighted by Crippen LogP contribution is -1.97. The van der Waals surface area contributed by atoms with E-state index in [2.05, 4.69) is 26.1 Å². The summed E-state index contributed by atoms with van der Waals surface area (Å²) in [5.74, 6) is -1.03. The highest BCUT2D eigenvalue weighted by Crippen LogP contribution is 2.35. The second kappa shape index (κ2) is 3.97. The molecule has 0 bridgehead atoms. The Morgan fingerprint density at radius 3 is 2.88 bits per heavy atom. The van der Waals surface area contributed by atoms with Crippen LogP contribution < -0.4 is 0 Å². The lowest BCUT2D eigenvalue weighted by Gasteiger charge is -2.04. The smallest absolute Gasteiger partial charge is 0.339 e. The molecule has 1 heterocycles. The maximum Gasteiger partial charge on any atom is 0.339 e. The predicted molar refractivity (Wildman–Crippen MR) is 60.3 cm³/mol. The molecular weight excluding hydrogens is 276 g/mol. The van der Waals surface area contributed by atoms with Gasteiger partial charge in [-0.1, -0.05) is 12.1 Å². The fourth-order valence-corrected chi connectivity index (χ4v) is 1.83. The minimum atomic E-state index is -1.07. The van der Waals surface area contributed by atoms with E-state index < -0.39 is 5.97 Å². The van der Waals surface area contributed by atoms with Crippen molar-refractivity contribution in [3.05, 3.63) is 34.4 Å². The number of aromatic nitrogens is 2. The zero-order valence-electron chi connectivity index (χ0n) is 7.94. The highest BCUT2D eigenvalue weighted by molar-refractivity contribution is 9.10. The summed E-state index contributed by atoms with van der Waals surface area (Å²) in [6, 6.07) is 4.82. The van der Waals surface area contributed by atoms with Crippen molar-refractivity contribution in [3.63, 3.8) is 0 Å². The molecule has 16 heavy (non-hydrogen) atoms. The maximum atomic E-state index is 10.9. The Labute approximate surface area is 98.9 Å². The van der Waals surface area contributed by atoms with Crippen LogP contribution in [0.25, 0.3) is 11.3 Å². The van der Waals surface area contributed by atoms with Gasteiger partial charge >= 0.3 is 5.97 Å². The molecule has 1 aromatic carbocycles. The standard InChI is InChI=1S/C10H7BrN2O3/c11-8-5(2-1-3-7(8)14)9-6(10(15)16)4-12-13-9/h1-4,14H,(H,12,13)(H,15,16). The van der Waals surface area contributed by atoms with Gasteiger partial charge in [-0.25, -0.2) is 4.79 Å². The van der Waals surface area contributed by atoms with Crippen molar-refractivity contribution in [1.82, 2.24) is 10.2 Å². The fourth-order valence-electron chi connectivity index (χ4n) is 1.37. The van der Waals surface area contributed by atoms with Crippen molar-refractivity contribution in [2.45, 2.75) is 0 Å². The number of benzene rings is 1. The number of nitrogens with zero attached hydrogens (tertiary/aromatic N) is 1. The molecule has 0 aliphatic heterocycles. The highest BCUT2D eigenvalue weighted by atomic mass is 79.9. The van der Waals surface area contributed by atoms with Crippen LogP contribution >= 0.6 is 15.9 Å². The SMILES string of the molecule is O=C(O)c1cn[nH]c1-c1cccc(O)c1Br. The molecule has 0 saturated carbocycles. The van der Waals surface area contributed by atoms with Gasteiger partial charge in [-0.05, 0) is 22.0 Å². The fraction of sp³-hybridized carbons (Fsp3) is 0. The Morgan fingerprint density at radius 2 is 2.19 bits per heavy atom. The number of phenols is 1. The topological polar surface area (TPSA) is 86.2 Å². The largest absolute Gasteiger partial charge is 0.507 e. The van der Waals surface area contributed by atoms with Crippen molar-refractivity contribution < 1.29 is 15.0 Å². The van der Waals surface area contributed by atoms with Gasteiger partial charge in [0, 0.05) is 5.56 Å². The van der Waals surface area contributed by atoms with E-state index in [9.17, 15) is 9.90 Å². The van der Waals surface area contributed by atoms with Gasteiger partial charge in [0.25, 0.3) is 0 Å². The van der Waals surface area contributed by atoms with E-state index in [0.717, 1.165) is 0 Å². The van der Waals surface area contributed by atoms with Gasteiger partial charge in [-0.15, -0.1) is 0 Å². The molecule has 2 aromatic rings. The van der Waals surface area contributed by atoms with Crippen LogP contribution in [0.15, 0.2) is 28.9 Å². The molecule has 0 atom stereocenters. The minimum Gasteiger partial charge on any atom is -0.507 e. The number of hydrogen-bond acceptors (Lipinski definition) is 3. The molecule has 2 rings (SSSR count). The number of aromatic carboxylic acids is 1. The van der Waals surface area contributed by atoms with E-state index in [-0.39, 0.29) is 11.3 Å². The monoisotopic (exact) mass is 282 g/mol. The number of phenolic OH excluding ortho intramolecular Hbond substituents is 1. The Hall–Kier alpha value is -1.82. The third kappa shape index (κ3) is 1.67. The molecule has 0 fully saturated rings. The molecule has 5 nitrogen and oxygen atoms in total. The zero-order valence-corrected chi connectivity index (χ0v) is 9.52. The lowest BCUT2D eigenvalue weighted by molar-refractivity contribution is 0.0698. The van der Waals surface area contributed by atoms with Gasteiger partial charge in [0.15, 0.2) is 0 Å². The Morgan fingerprint density at radius 1 is 1.44 bits per heavy atom. The molecule has 0 aliphatic rings. The van der Waals surface area contributed by atoms with Crippen molar-refractivity contribution in [2.24, 2.45) is 0 Å². The van der Waals surface area contributed by atoms with Gasteiger partial charge in [-0.3, -0.25) is 5.10 Å². The van der Waals surface area contributed by atoms with E-state index in [1.165, 1.54) is 12.3 Å². The van der Waals surface area contributed by atoms with Crippen molar-refractivity contribution in [1.29, 1.82) is 0 Å². The first-order valence-electron chi connectivity index (χ1n) is 4.35. The summed E-state index contributed by atoms with van der Waals surface area (Å²) in [4.78, 5) is 10.9. The number of halogens is 1. The number of nitrogens with one attached hydrogen (secondary N) is 1. The number of carboxylic acids is 1. The Bertz CT molecular complexity index is 551. The van der Waals surface area contributed by atoms with Gasteiger partial charge in [-0.2, -0.15) is 5.10 Å². The molecule has 0 unspecified atom stereocenters. The summed E-state index contributed by atoms with van der Waals surface area (Å²) in [6.45, 7) is 0. The van der Waals surface area contributed by atoms with Crippen LogP contribution in [0.1, 0.15) is 10.4 Å². The van der Waals surface area contributed by atoms with E-state index in [1.807, 2.05) is 0 Å². The summed E-state index contributed by atoms with van der Waals surface area (Å²) in [6.07, 6.45) is 1.23. The predicted octanol–water partition coefficient (Wildman–Crippen LogP) is 2.24. The summed E-state index contributed by atoms with van der Waals surface area (Å²) < 4.78 is 0.432. The molecule has 0 aliphatic carbocycles. The number of H-pyrrole nitrogens is 1. The van der Waals surface area contributed by atoms with Crippen molar-refractivity contribution in [3.8, 4) is 17.0 Å². The zero-order chi connectivity index (χ0) is 11.7. The number of aromatic hydroxyl groups is 1.